The van der Waals surface area contributed by atoms with Gasteiger partial charge in [-0.05, 0) is 33.1 Å². The Morgan fingerprint density at radius 3 is 2.10 bits per heavy atom. The first-order valence-electron chi connectivity index (χ1n) is 6.70. The highest BCUT2D eigenvalue weighted by Crippen LogP contribution is 2.59. The van der Waals surface area contributed by atoms with Gasteiger partial charge in [-0.15, -0.1) is 0 Å². The summed E-state index contributed by atoms with van der Waals surface area (Å²) in [7, 11) is 0. The van der Waals surface area contributed by atoms with Crippen molar-refractivity contribution in [3.8, 4) is 0 Å². The molecule has 0 aliphatic heterocycles. The molecule has 6 nitrogen and oxygen atoms in total. The quantitative estimate of drug-likeness (QED) is 0.738. The van der Waals surface area contributed by atoms with Crippen molar-refractivity contribution in [3.05, 3.63) is 0 Å². The Balaban J connectivity index is 2.71. The van der Waals surface area contributed by atoms with Gasteiger partial charge in [0.1, 0.15) is 11.6 Å². The van der Waals surface area contributed by atoms with Gasteiger partial charge in [0.2, 0.25) is 11.8 Å². The number of carbonyl (C=O) groups excluding carboxylic acids is 3. The Bertz CT molecular complexity index is 437. The molecule has 3 atom stereocenters. The molecule has 1 aliphatic carbocycles. The number of primary amides is 1. The largest absolute Gasteiger partial charge is 0.460 e. The lowest BCUT2D eigenvalue weighted by atomic mass is 10.1. The maximum absolute atomic E-state index is 12.1. The van der Waals surface area contributed by atoms with E-state index in [4.69, 9.17) is 10.5 Å². The van der Waals surface area contributed by atoms with Crippen LogP contribution in [0, 0.1) is 17.3 Å². The summed E-state index contributed by atoms with van der Waals surface area (Å²) in [6, 6.07) is -0.752. The Morgan fingerprint density at radius 1 is 1.20 bits per heavy atom. The lowest BCUT2D eigenvalue weighted by molar-refractivity contribution is -0.158. The van der Waals surface area contributed by atoms with Crippen LogP contribution in [0.2, 0.25) is 0 Å². The minimum absolute atomic E-state index is 0.336. The molecule has 2 amide bonds. The van der Waals surface area contributed by atoms with Crippen LogP contribution in [0.1, 0.15) is 41.5 Å². The van der Waals surface area contributed by atoms with E-state index < -0.39 is 34.8 Å². The molecule has 114 valence electrons. The standard InChI is InChI=1S/C14H24N2O4/c1-7(10(15)17)16-11(18)8-9(14(8,5)6)12(19)20-13(2,3)4/h7-9H,1-6H3,(H2,15,17)(H,16,18)/t7-,8-,9+/m0/s1. The highest BCUT2D eigenvalue weighted by Gasteiger charge is 2.66. The minimum atomic E-state index is -0.752. The predicted molar refractivity (Wildman–Crippen MR) is 73.4 cm³/mol. The van der Waals surface area contributed by atoms with E-state index in [-0.39, 0.29) is 11.9 Å². The summed E-state index contributed by atoms with van der Waals surface area (Å²) in [6.45, 7) is 10.5. The summed E-state index contributed by atoms with van der Waals surface area (Å²) in [5, 5.41) is 2.52. The molecular formula is C14H24N2O4. The Hall–Kier alpha value is -1.59. The van der Waals surface area contributed by atoms with Gasteiger partial charge in [0.05, 0.1) is 11.8 Å². The zero-order chi connectivity index (χ0) is 15.9. The molecule has 0 spiro atoms. The van der Waals surface area contributed by atoms with Crippen LogP contribution in [0.5, 0.6) is 0 Å². The molecule has 1 saturated carbocycles. The third-order valence-electron chi connectivity index (χ3n) is 3.56. The van der Waals surface area contributed by atoms with E-state index in [1.807, 2.05) is 13.8 Å². The highest BCUT2D eigenvalue weighted by molar-refractivity contribution is 5.94. The van der Waals surface area contributed by atoms with E-state index in [1.165, 1.54) is 6.92 Å². The monoisotopic (exact) mass is 284 g/mol. The van der Waals surface area contributed by atoms with Gasteiger partial charge in [0.25, 0.3) is 0 Å². The number of amides is 2. The first-order chi connectivity index (χ1) is 8.88. The van der Waals surface area contributed by atoms with Crippen LogP contribution < -0.4 is 11.1 Å². The number of carbonyl (C=O) groups is 3. The second-order valence-corrected chi connectivity index (χ2v) is 6.94. The zero-order valence-electron chi connectivity index (χ0n) is 12.9. The second kappa shape index (κ2) is 5.07. The number of nitrogens with one attached hydrogen (secondary N) is 1. The number of rotatable bonds is 4. The van der Waals surface area contributed by atoms with Gasteiger partial charge >= 0.3 is 5.97 Å². The first kappa shape index (κ1) is 16.5. The number of ether oxygens (including phenoxy) is 1. The van der Waals surface area contributed by atoms with Gasteiger partial charge in [-0.3, -0.25) is 14.4 Å². The molecule has 0 radical (unpaired) electrons. The molecule has 20 heavy (non-hydrogen) atoms. The van der Waals surface area contributed by atoms with Crippen LogP contribution in [0.25, 0.3) is 0 Å². The van der Waals surface area contributed by atoms with Crippen LogP contribution in [-0.2, 0) is 19.1 Å². The van der Waals surface area contributed by atoms with Gasteiger partial charge in [-0.1, -0.05) is 13.8 Å². The number of hydrogen-bond donors (Lipinski definition) is 2. The summed E-state index contributed by atoms with van der Waals surface area (Å²) in [4.78, 5) is 35.1. The van der Waals surface area contributed by atoms with Crippen LogP contribution in [0.4, 0.5) is 0 Å². The van der Waals surface area contributed by atoms with Crippen molar-refractivity contribution < 1.29 is 19.1 Å². The predicted octanol–water partition coefficient (Wildman–Crippen LogP) is 0.590. The van der Waals surface area contributed by atoms with Crippen molar-refractivity contribution in [2.75, 3.05) is 0 Å². The molecule has 0 heterocycles. The molecule has 0 aromatic heterocycles. The molecule has 0 unspecified atom stereocenters. The molecule has 1 rings (SSSR count). The van der Waals surface area contributed by atoms with E-state index in [9.17, 15) is 14.4 Å². The van der Waals surface area contributed by atoms with Gasteiger partial charge in [-0.25, -0.2) is 0 Å². The van der Waals surface area contributed by atoms with Gasteiger partial charge in [-0.2, -0.15) is 0 Å². The summed E-state index contributed by atoms with van der Waals surface area (Å²) in [5.74, 6) is -2.29. The topological polar surface area (TPSA) is 98.5 Å². The molecule has 1 aliphatic rings. The number of esters is 1. The molecule has 0 aromatic carbocycles. The van der Waals surface area contributed by atoms with E-state index in [1.54, 1.807) is 20.8 Å². The third-order valence-corrected chi connectivity index (χ3v) is 3.56. The SMILES string of the molecule is C[C@H](NC(=O)[C@@H]1[C@H](C(=O)OC(C)(C)C)C1(C)C)C(N)=O. The lowest BCUT2D eigenvalue weighted by Gasteiger charge is -2.20. The van der Waals surface area contributed by atoms with E-state index in [0.29, 0.717) is 0 Å². The van der Waals surface area contributed by atoms with Crippen molar-refractivity contribution >= 4 is 17.8 Å². The van der Waals surface area contributed by atoms with E-state index >= 15 is 0 Å². The van der Waals surface area contributed by atoms with Crippen LogP contribution >= 0.6 is 0 Å². The average Bonchev–Trinajstić information content (AvgIpc) is 2.78. The van der Waals surface area contributed by atoms with Gasteiger partial charge in [0, 0.05) is 0 Å². The molecule has 6 heteroatoms. The van der Waals surface area contributed by atoms with Crippen molar-refractivity contribution in [2.45, 2.75) is 53.2 Å². The fourth-order valence-electron chi connectivity index (χ4n) is 2.31. The smallest absolute Gasteiger partial charge is 0.310 e. The highest BCUT2D eigenvalue weighted by atomic mass is 16.6. The Kier molecular flexibility index (Phi) is 4.17. The third kappa shape index (κ3) is 3.49. The van der Waals surface area contributed by atoms with Gasteiger partial charge in [0.15, 0.2) is 0 Å². The number of hydrogen-bond acceptors (Lipinski definition) is 4. The van der Waals surface area contributed by atoms with Gasteiger partial charge < -0.3 is 15.8 Å². The molecule has 0 bridgehead atoms. The minimum Gasteiger partial charge on any atom is -0.460 e. The average molecular weight is 284 g/mol. The summed E-state index contributed by atoms with van der Waals surface area (Å²) < 4.78 is 5.32. The molecule has 1 fully saturated rings. The first-order valence-corrected chi connectivity index (χ1v) is 6.70. The molecule has 0 aromatic rings. The zero-order valence-corrected chi connectivity index (χ0v) is 12.9. The summed E-state index contributed by atoms with van der Waals surface area (Å²) >= 11 is 0. The van der Waals surface area contributed by atoms with Crippen LogP contribution in [-0.4, -0.2) is 29.4 Å². The van der Waals surface area contributed by atoms with E-state index in [0.717, 1.165) is 0 Å². The van der Waals surface area contributed by atoms with Crippen molar-refractivity contribution in [1.82, 2.24) is 5.32 Å². The van der Waals surface area contributed by atoms with Crippen LogP contribution in [0.3, 0.4) is 0 Å². The fraction of sp³-hybridized carbons (Fsp3) is 0.786. The molecule has 0 saturated heterocycles. The van der Waals surface area contributed by atoms with Crippen LogP contribution in [0.15, 0.2) is 0 Å². The van der Waals surface area contributed by atoms with Crippen molar-refractivity contribution in [3.63, 3.8) is 0 Å². The normalized spacial score (nSPS) is 25.5. The molecule has 3 N–H and O–H groups in total. The van der Waals surface area contributed by atoms with E-state index in [2.05, 4.69) is 5.32 Å². The maximum atomic E-state index is 12.1. The maximum Gasteiger partial charge on any atom is 0.310 e. The summed E-state index contributed by atoms with van der Waals surface area (Å²) in [6.07, 6.45) is 0. The summed E-state index contributed by atoms with van der Waals surface area (Å²) in [5.41, 5.74) is 4.05. The Morgan fingerprint density at radius 2 is 1.70 bits per heavy atom. The van der Waals surface area contributed by atoms with Crippen molar-refractivity contribution in [1.29, 1.82) is 0 Å². The molecular weight excluding hydrogens is 260 g/mol. The number of nitrogens with two attached hydrogens (primary N) is 1. The lowest BCUT2D eigenvalue weighted by Crippen LogP contribution is -2.43. The van der Waals surface area contributed by atoms with Crippen molar-refractivity contribution in [2.24, 2.45) is 23.0 Å². The fourth-order valence-corrected chi connectivity index (χ4v) is 2.31. The second-order valence-electron chi connectivity index (χ2n) is 6.94. The Labute approximate surface area is 119 Å².